The molecule has 0 aliphatic rings. The lowest BCUT2D eigenvalue weighted by atomic mass is 9.96. The van der Waals surface area contributed by atoms with E-state index >= 15 is 0 Å². The second-order valence-electron chi connectivity index (χ2n) is 9.49. The maximum atomic E-state index is 4.96. The summed E-state index contributed by atoms with van der Waals surface area (Å²) in [6, 6.07) is 31.7. The van der Waals surface area contributed by atoms with E-state index in [1.54, 1.807) is 12.4 Å². The van der Waals surface area contributed by atoms with Gasteiger partial charge in [-0.15, -0.1) is 0 Å². The van der Waals surface area contributed by atoms with E-state index in [2.05, 4.69) is 96.8 Å². The molecule has 3 heterocycles. The van der Waals surface area contributed by atoms with Gasteiger partial charge in [0.25, 0.3) is 0 Å². The van der Waals surface area contributed by atoms with Crippen LogP contribution in [0.3, 0.4) is 0 Å². The van der Waals surface area contributed by atoms with E-state index in [9.17, 15) is 0 Å². The Morgan fingerprint density at radius 3 is 2.37 bits per heavy atom. The molecule has 0 radical (unpaired) electrons. The van der Waals surface area contributed by atoms with Crippen molar-refractivity contribution >= 4 is 50.3 Å². The summed E-state index contributed by atoms with van der Waals surface area (Å²) in [4.78, 5) is 14.4. The van der Waals surface area contributed by atoms with Crippen LogP contribution in [0.1, 0.15) is 16.7 Å². The second-order valence-corrected chi connectivity index (χ2v) is 9.49. The predicted octanol–water partition coefficient (Wildman–Crippen LogP) is 8.29. The van der Waals surface area contributed by atoms with Crippen molar-refractivity contribution in [2.45, 2.75) is 6.92 Å². The molecule has 0 N–H and O–H groups in total. The number of rotatable bonds is 4. The number of pyridine rings is 1. The quantitative estimate of drug-likeness (QED) is 0.142. The van der Waals surface area contributed by atoms with Crippen LogP contribution in [0.4, 0.5) is 0 Å². The van der Waals surface area contributed by atoms with Gasteiger partial charge in [-0.25, -0.2) is 9.97 Å². The van der Waals surface area contributed by atoms with Crippen molar-refractivity contribution in [1.29, 1.82) is 0 Å². The zero-order chi connectivity index (χ0) is 25.6. The first-order valence-corrected chi connectivity index (χ1v) is 12.7. The molecule has 180 valence electrons. The smallest absolute Gasteiger partial charge is 0.165 e. The van der Waals surface area contributed by atoms with Crippen LogP contribution in [0.25, 0.3) is 61.4 Å². The molecule has 4 heteroatoms. The number of hydrogen-bond donors (Lipinski definition) is 0. The molecular weight excluding hydrogens is 464 g/mol. The standard InChI is InChI=1S/C34H24N4/c1-3-23(20-26-9-5-4-8-22(26)2)24-12-14-25(15-13-24)27-16-17-28-29(21-27)32-34(36-19-18-35-32)38-31-11-7-6-10-30(31)37-33(28)38/h3-21H,1H2,2H3/b23-20+. The fourth-order valence-corrected chi connectivity index (χ4v) is 5.25. The number of fused-ring (bicyclic) bond motifs is 8. The monoisotopic (exact) mass is 488 g/mol. The van der Waals surface area contributed by atoms with E-state index in [1.165, 1.54) is 11.1 Å². The molecular formula is C34H24N4. The molecule has 7 aromatic rings. The van der Waals surface area contributed by atoms with Gasteiger partial charge in [-0.1, -0.05) is 79.4 Å². The molecule has 3 aromatic heterocycles. The van der Waals surface area contributed by atoms with Gasteiger partial charge in [-0.2, -0.15) is 0 Å². The van der Waals surface area contributed by atoms with Crippen molar-refractivity contribution in [1.82, 2.24) is 19.4 Å². The van der Waals surface area contributed by atoms with Crippen LogP contribution >= 0.6 is 0 Å². The summed E-state index contributed by atoms with van der Waals surface area (Å²) in [5, 5.41) is 2.10. The number of benzene rings is 4. The largest absolute Gasteiger partial charge is 0.274 e. The number of aromatic nitrogens is 4. The molecule has 38 heavy (non-hydrogen) atoms. The fraction of sp³-hybridized carbons (Fsp3) is 0.0294. The SMILES string of the molecule is C=C/C(=C\c1ccccc1C)c1ccc(-c2ccc3c(c2)c2nccnc2n2c4ccccc4nc32)cc1. The summed E-state index contributed by atoms with van der Waals surface area (Å²) < 4.78 is 2.12. The predicted molar refractivity (Wildman–Crippen MR) is 158 cm³/mol. The highest BCUT2D eigenvalue weighted by Crippen LogP contribution is 2.34. The molecule has 0 spiro atoms. The highest BCUT2D eigenvalue weighted by atomic mass is 15.1. The van der Waals surface area contributed by atoms with Crippen LogP contribution in [0.2, 0.25) is 0 Å². The Balaban J connectivity index is 1.36. The van der Waals surface area contributed by atoms with Gasteiger partial charge in [0.05, 0.1) is 11.0 Å². The molecule has 0 unspecified atom stereocenters. The number of imidazole rings is 1. The van der Waals surface area contributed by atoms with Gasteiger partial charge < -0.3 is 0 Å². The van der Waals surface area contributed by atoms with Gasteiger partial charge in [-0.3, -0.25) is 9.38 Å². The summed E-state index contributed by atoms with van der Waals surface area (Å²) in [5.74, 6) is 0. The van der Waals surface area contributed by atoms with Crippen molar-refractivity contribution in [2.75, 3.05) is 0 Å². The van der Waals surface area contributed by atoms with E-state index in [1.807, 2.05) is 24.3 Å². The van der Waals surface area contributed by atoms with E-state index in [4.69, 9.17) is 15.0 Å². The van der Waals surface area contributed by atoms with Gasteiger partial charge >= 0.3 is 0 Å². The third-order valence-corrected chi connectivity index (χ3v) is 7.24. The number of nitrogens with zero attached hydrogens (tertiary/aromatic N) is 4. The maximum Gasteiger partial charge on any atom is 0.165 e. The molecule has 4 aromatic carbocycles. The van der Waals surface area contributed by atoms with Crippen LogP contribution < -0.4 is 0 Å². The highest BCUT2D eigenvalue weighted by Gasteiger charge is 2.15. The molecule has 4 nitrogen and oxygen atoms in total. The Kier molecular flexibility index (Phi) is 5.12. The van der Waals surface area contributed by atoms with Gasteiger partial charge in [0.1, 0.15) is 11.2 Å². The van der Waals surface area contributed by atoms with Crippen LogP contribution in [0, 0.1) is 6.92 Å². The van der Waals surface area contributed by atoms with Crippen LogP contribution in [0.5, 0.6) is 0 Å². The lowest BCUT2D eigenvalue weighted by Gasteiger charge is -2.10. The third-order valence-electron chi connectivity index (χ3n) is 7.24. The normalized spacial score (nSPS) is 12.1. The lowest BCUT2D eigenvalue weighted by molar-refractivity contribution is 1.19. The van der Waals surface area contributed by atoms with Gasteiger partial charge in [0.15, 0.2) is 5.65 Å². The van der Waals surface area contributed by atoms with Crippen molar-refractivity contribution in [2.24, 2.45) is 0 Å². The Labute approximate surface area is 220 Å². The van der Waals surface area contributed by atoms with Crippen LogP contribution in [0.15, 0.2) is 116 Å². The van der Waals surface area contributed by atoms with Gasteiger partial charge in [0, 0.05) is 23.2 Å². The number of hydrogen-bond acceptors (Lipinski definition) is 3. The topological polar surface area (TPSA) is 43.1 Å². The molecule has 0 bridgehead atoms. The number of para-hydroxylation sites is 2. The van der Waals surface area contributed by atoms with Crippen LogP contribution in [-0.2, 0) is 0 Å². The summed E-state index contributed by atoms with van der Waals surface area (Å²) >= 11 is 0. The molecule has 0 aliphatic carbocycles. The fourth-order valence-electron chi connectivity index (χ4n) is 5.25. The molecule has 7 rings (SSSR count). The Morgan fingerprint density at radius 2 is 1.53 bits per heavy atom. The minimum atomic E-state index is 0.813. The Hall–Kier alpha value is -5.09. The average molecular weight is 489 g/mol. The molecule has 0 amide bonds. The molecule has 0 atom stereocenters. The van der Waals surface area contributed by atoms with Crippen molar-refractivity contribution in [3.8, 4) is 11.1 Å². The molecule has 0 saturated heterocycles. The van der Waals surface area contributed by atoms with E-state index in [-0.39, 0.29) is 0 Å². The van der Waals surface area contributed by atoms with Crippen molar-refractivity contribution in [3.63, 3.8) is 0 Å². The first kappa shape index (κ1) is 22.1. The third kappa shape index (κ3) is 3.50. The summed E-state index contributed by atoms with van der Waals surface area (Å²) in [6.07, 6.45) is 7.61. The highest BCUT2D eigenvalue weighted by molar-refractivity contribution is 6.12. The Bertz CT molecular complexity index is 2050. The maximum absolute atomic E-state index is 4.96. The zero-order valence-corrected chi connectivity index (χ0v) is 21.0. The zero-order valence-electron chi connectivity index (χ0n) is 21.0. The van der Waals surface area contributed by atoms with Crippen molar-refractivity contribution in [3.05, 3.63) is 133 Å². The molecule has 0 saturated carbocycles. The number of allylic oxidation sites excluding steroid dienone is 2. The van der Waals surface area contributed by atoms with Gasteiger partial charge in [0.2, 0.25) is 0 Å². The second kappa shape index (κ2) is 8.79. The Morgan fingerprint density at radius 1 is 0.763 bits per heavy atom. The first-order chi connectivity index (χ1) is 18.7. The summed E-state index contributed by atoms with van der Waals surface area (Å²) in [5.41, 5.74) is 11.5. The van der Waals surface area contributed by atoms with Crippen molar-refractivity contribution < 1.29 is 0 Å². The lowest BCUT2D eigenvalue weighted by Crippen LogP contribution is -1.96. The first-order valence-electron chi connectivity index (χ1n) is 12.7. The van der Waals surface area contributed by atoms with Gasteiger partial charge in [-0.05, 0) is 70.7 Å². The van der Waals surface area contributed by atoms with E-state index < -0.39 is 0 Å². The minimum Gasteiger partial charge on any atom is -0.274 e. The molecule has 0 fully saturated rings. The van der Waals surface area contributed by atoms with E-state index in [0.29, 0.717) is 0 Å². The minimum absolute atomic E-state index is 0.813. The van der Waals surface area contributed by atoms with E-state index in [0.717, 1.165) is 60.9 Å². The average Bonchev–Trinajstić information content (AvgIpc) is 3.37. The summed E-state index contributed by atoms with van der Waals surface area (Å²) in [7, 11) is 0. The summed E-state index contributed by atoms with van der Waals surface area (Å²) in [6.45, 7) is 6.19. The van der Waals surface area contributed by atoms with Crippen LogP contribution in [-0.4, -0.2) is 19.4 Å². The number of aryl methyl sites for hydroxylation is 1. The molecule has 0 aliphatic heterocycles.